The van der Waals surface area contributed by atoms with Gasteiger partial charge in [-0.1, -0.05) is 20.3 Å². The zero-order valence-electron chi connectivity index (χ0n) is 9.54. The zero-order chi connectivity index (χ0) is 9.97. The minimum absolute atomic E-state index is 0.852. The van der Waals surface area contributed by atoms with E-state index >= 15 is 0 Å². The first-order valence-electron chi connectivity index (χ1n) is 6.11. The van der Waals surface area contributed by atoms with E-state index < -0.39 is 0 Å². The zero-order valence-corrected chi connectivity index (χ0v) is 9.54. The summed E-state index contributed by atoms with van der Waals surface area (Å²) in [6.45, 7) is 8.97. The van der Waals surface area contributed by atoms with Crippen LogP contribution in [0.1, 0.15) is 33.1 Å². The van der Waals surface area contributed by atoms with Crippen LogP contribution in [0.3, 0.4) is 0 Å². The molecule has 2 aliphatic rings. The van der Waals surface area contributed by atoms with Gasteiger partial charge < -0.3 is 4.74 Å². The fourth-order valence-corrected chi connectivity index (χ4v) is 3.11. The second-order valence-corrected chi connectivity index (χ2v) is 5.05. The van der Waals surface area contributed by atoms with Crippen molar-refractivity contribution in [2.45, 2.75) is 39.2 Å². The number of rotatable bonds is 2. The molecule has 2 atom stereocenters. The highest BCUT2D eigenvalue weighted by molar-refractivity contribution is 4.87. The van der Waals surface area contributed by atoms with Crippen LogP contribution in [0.5, 0.6) is 0 Å². The lowest BCUT2D eigenvalue weighted by molar-refractivity contribution is 0.00348. The van der Waals surface area contributed by atoms with Crippen LogP contribution in [0.25, 0.3) is 0 Å². The minimum atomic E-state index is 0.852. The topological polar surface area (TPSA) is 12.5 Å². The Balaban J connectivity index is 1.94. The van der Waals surface area contributed by atoms with Gasteiger partial charge in [0.1, 0.15) is 0 Å². The Morgan fingerprint density at radius 2 is 1.86 bits per heavy atom. The first-order chi connectivity index (χ1) is 6.79. The molecule has 1 aliphatic carbocycles. The van der Waals surface area contributed by atoms with Crippen molar-refractivity contribution in [3.63, 3.8) is 0 Å². The highest BCUT2D eigenvalue weighted by Crippen LogP contribution is 2.35. The summed E-state index contributed by atoms with van der Waals surface area (Å²) in [4.78, 5) is 2.67. The molecule has 0 aromatic carbocycles. The summed E-state index contributed by atoms with van der Waals surface area (Å²) in [6, 6.07) is 0.860. The van der Waals surface area contributed by atoms with Crippen LogP contribution in [0.4, 0.5) is 0 Å². The third-order valence-corrected chi connectivity index (χ3v) is 3.90. The van der Waals surface area contributed by atoms with E-state index in [9.17, 15) is 0 Å². The van der Waals surface area contributed by atoms with Crippen molar-refractivity contribution in [1.82, 2.24) is 4.90 Å². The molecule has 0 amide bonds. The maximum absolute atomic E-state index is 5.41. The van der Waals surface area contributed by atoms with E-state index in [1.807, 2.05) is 0 Å². The molecule has 2 heteroatoms. The fraction of sp³-hybridized carbons (Fsp3) is 1.00. The van der Waals surface area contributed by atoms with Crippen molar-refractivity contribution in [2.75, 3.05) is 26.3 Å². The Bertz CT molecular complexity index is 175. The Hall–Kier alpha value is -0.0800. The molecule has 1 aliphatic heterocycles. The number of hydrogen-bond acceptors (Lipinski definition) is 2. The second kappa shape index (κ2) is 4.63. The lowest BCUT2D eigenvalue weighted by Gasteiger charge is -2.37. The van der Waals surface area contributed by atoms with Crippen LogP contribution in [-0.4, -0.2) is 37.2 Å². The molecule has 2 nitrogen and oxygen atoms in total. The van der Waals surface area contributed by atoms with Crippen molar-refractivity contribution >= 4 is 0 Å². The van der Waals surface area contributed by atoms with E-state index in [1.54, 1.807) is 0 Å². The maximum atomic E-state index is 5.41. The standard InChI is InChI=1S/C12H23NO/c1-10(2)11-4-3-5-12(11)13-6-8-14-9-7-13/h10-12H,3-9H2,1-2H3/t11-,12+/m0/s1. The highest BCUT2D eigenvalue weighted by atomic mass is 16.5. The molecular weight excluding hydrogens is 174 g/mol. The number of morpholine rings is 1. The van der Waals surface area contributed by atoms with Crippen molar-refractivity contribution in [2.24, 2.45) is 11.8 Å². The van der Waals surface area contributed by atoms with Gasteiger partial charge >= 0.3 is 0 Å². The molecular formula is C12H23NO. The van der Waals surface area contributed by atoms with Crippen LogP contribution < -0.4 is 0 Å². The van der Waals surface area contributed by atoms with Crippen LogP contribution in [0.2, 0.25) is 0 Å². The first-order valence-corrected chi connectivity index (χ1v) is 6.11. The summed E-state index contributed by atoms with van der Waals surface area (Å²) in [5, 5.41) is 0. The van der Waals surface area contributed by atoms with E-state index in [0.29, 0.717) is 0 Å². The van der Waals surface area contributed by atoms with Crippen molar-refractivity contribution in [3.05, 3.63) is 0 Å². The largest absolute Gasteiger partial charge is 0.379 e. The Morgan fingerprint density at radius 3 is 2.50 bits per heavy atom. The Kier molecular flexibility index (Phi) is 3.45. The lowest BCUT2D eigenvalue weighted by Crippen LogP contribution is -2.46. The summed E-state index contributed by atoms with van der Waals surface area (Å²) >= 11 is 0. The van der Waals surface area contributed by atoms with Crippen LogP contribution in [0.15, 0.2) is 0 Å². The third-order valence-electron chi connectivity index (χ3n) is 3.90. The maximum Gasteiger partial charge on any atom is 0.0594 e. The molecule has 0 radical (unpaired) electrons. The van der Waals surface area contributed by atoms with Gasteiger partial charge in [-0.3, -0.25) is 4.90 Å². The van der Waals surface area contributed by atoms with Gasteiger partial charge in [0.2, 0.25) is 0 Å². The van der Waals surface area contributed by atoms with Crippen molar-refractivity contribution in [1.29, 1.82) is 0 Å². The number of hydrogen-bond donors (Lipinski definition) is 0. The minimum Gasteiger partial charge on any atom is -0.379 e. The Labute approximate surface area is 87.6 Å². The summed E-state index contributed by atoms with van der Waals surface area (Å²) in [6.07, 6.45) is 4.30. The highest BCUT2D eigenvalue weighted by Gasteiger charge is 2.34. The van der Waals surface area contributed by atoms with E-state index in [1.165, 1.54) is 19.3 Å². The van der Waals surface area contributed by atoms with Gasteiger partial charge in [0.05, 0.1) is 13.2 Å². The van der Waals surface area contributed by atoms with Crippen LogP contribution in [-0.2, 0) is 4.74 Å². The number of ether oxygens (including phenoxy) is 1. The van der Waals surface area contributed by atoms with Gasteiger partial charge in [0.25, 0.3) is 0 Å². The summed E-state index contributed by atoms with van der Waals surface area (Å²) in [7, 11) is 0. The predicted octanol–water partition coefficient (Wildman–Crippen LogP) is 2.14. The quantitative estimate of drug-likeness (QED) is 0.672. The molecule has 2 rings (SSSR count). The molecule has 2 fully saturated rings. The molecule has 1 heterocycles. The molecule has 0 unspecified atom stereocenters. The average molecular weight is 197 g/mol. The Morgan fingerprint density at radius 1 is 1.14 bits per heavy atom. The summed E-state index contributed by atoms with van der Waals surface area (Å²) in [5.74, 6) is 1.79. The molecule has 0 N–H and O–H groups in total. The molecule has 0 aromatic rings. The lowest BCUT2D eigenvalue weighted by atomic mass is 9.90. The predicted molar refractivity (Wildman–Crippen MR) is 58.4 cm³/mol. The molecule has 1 saturated carbocycles. The van der Waals surface area contributed by atoms with Gasteiger partial charge in [0.15, 0.2) is 0 Å². The SMILES string of the molecule is CC(C)[C@@H]1CCC[C@H]1N1CCOCC1. The van der Waals surface area contributed by atoms with Gasteiger partial charge in [0, 0.05) is 19.1 Å². The van der Waals surface area contributed by atoms with Gasteiger partial charge in [-0.05, 0) is 24.7 Å². The van der Waals surface area contributed by atoms with E-state index in [-0.39, 0.29) is 0 Å². The molecule has 0 spiro atoms. The summed E-state index contributed by atoms with van der Waals surface area (Å²) < 4.78 is 5.41. The van der Waals surface area contributed by atoms with Crippen LogP contribution in [0, 0.1) is 11.8 Å². The van der Waals surface area contributed by atoms with Gasteiger partial charge in [-0.15, -0.1) is 0 Å². The van der Waals surface area contributed by atoms with Crippen LogP contribution >= 0.6 is 0 Å². The summed E-state index contributed by atoms with van der Waals surface area (Å²) in [5.41, 5.74) is 0. The van der Waals surface area contributed by atoms with Gasteiger partial charge in [-0.2, -0.15) is 0 Å². The van der Waals surface area contributed by atoms with Gasteiger partial charge in [-0.25, -0.2) is 0 Å². The molecule has 0 bridgehead atoms. The van der Waals surface area contributed by atoms with Crippen molar-refractivity contribution < 1.29 is 4.74 Å². The normalized spacial score (nSPS) is 35.4. The average Bonchev–Trinajstić information content (AvgIpc) is 2.67. The third kappa shape index (κ3) is 2.12. The monoisotopic (exact) mass is 197 g/mol. The second-order valence-electron chi connectivity index (χ2n) is 5.05. The van der Waals surface area contributed by atoms with E-state index in [0.717, 1.165) is 44.2 Å². The molecule has 1 saturated heterocycles. The smallest absolute Gasteiger partial charge is 0.0594 e. The van der Waals surface area contributed by atoms with E-state index in [4.69, 9.17) is 4.74 Å². The molecule has 14 heavy (non-hydrogen) atoms. The number of nitrogens with zero attached hydrogens (tertiary/aromatic N) is 1. The fourth-order valence-electron chi connectivity index (χ4n) is 3.11. The first kappa shape index (κ1) is 10.4. The molecule has 0 aromatic heterocycles. The van der Waals surface area contributed by atoms with E-state index in [2.05, 4.69) is 18.7 Å². The molecule has 82 valence electrons. The van der Waals surface area contributed by atoms with Crippen molar-refractivity contribution in [3.8, 4) is 0 Å².